The van der Waals surface area contributed by atoms with Crippen molar-refractivity contribution in [3.63, 3.8) is 0 Å². The molecule has 28 heavy (non-hydrogen) atoms. The quantitative estimate of drug-likeness (QED) is 0.380. The first kappa shape index (κ1) is 20.0. The molecular formula is C19H21N3O5S. The fourth-order valence-corrected chi connectivity index (χ4v) is 3.39. The number of hydrogen-bond acceptors (Lipinski definition) is 6. The summed E-state index contributed by atoms with van der Waals surface area (Å²) in [6, 6.07) is 7.43. The Morgan fingerprint density at radius 2 is 2.04 bits per heavy atom. The second-order valence-corrected chi connectivity index (χ2v) is 8.09. The van der Waals surface area contributed by atoms with Gasteiger partial charge in [-0.1, -0.05) is 18.2 Å². The maximum atomic E-state index is 12.7. The predicted molar refractivity (Wildman–Crippen MR) is 107 cm³/mol. The van der Waals surface area contributed by atoms with Gasteiger partial charge in [0.05, 0.1) is 34.8 Å². The van der Waals surface area contributed by atoms with Gasteiger partial charge < -0.3 is 9.88 Å². The van der Waals surface area contributed by atoms with Gasteiger partial charge in [-0.05, 0) is 25.5 Å². The van der Waals surface area contributed by atoms with Gasteiger partial charge in [-0.15, -0.1) is 0 Å². The first-order chi connectivity index (χ1) is 13.2. The maximum absolute atomic E-state index is 12.7. The van der Waals surface area contributed by atoms with Crippen LogP contribution < -0.4 is 10.9 Å². The molecule has 2 aromatic heterocycles. The van der Waals surface area contributed by atoms with Gasteiger partial charge in [0.25, 0.3) is 21.6 Å². The summed E-state index contributed by atoms with van der Waals surface area (Å²) >= 11 is 0. The van der Waals surface area contributed by atoms with Crippen molar-refractivity contribution in [2.45, 2.75) is 20.4 Å². The molecule has 0 fully saturated rings. The number of fused-ring (bicyclic) bond motifs is 2. The molecule has 0 aliphatic rings. The number of hydrogen-bond donors (Lipinski definition) is 1. The van der Waals surface area contributed by atoms with Crippen molar-refractivity contribution in [1.82, 2.24) is 14.9 Å². The summed E-state index contributed by atoms with van der Waals surface area (Å²) < 4.78 is 28.1. The lowest BCUT2D eigenvalue weighted by Gasteiger charge is -2.12. The van der Waals surface area contributed by atoms with Gasteiger partial charge in [0.1, 0.15) is 0 Å². The van der Waals surface area contributed by atoms with E-state index in [9.17, 15) is 18.0 Å². The number of rotatable bonds is 6. The smallest absolute Gasteiger partial charge is 0.264 e. The van der Waals surface area contributed by atoms with Crippen LogP contribution in [0.3, 0.4) is 0 Å². The zero-order chi connectivity index (χ0) is 20.5. The first-order valence-corrected chi connectivity index (χ1v) is 10.6. The number of carbonyl (C=O) groups excluding carboxylic acids is 1. The fraction of sp³-hybridized carbons (Fsp3) is 0.316. The Labute approximate surface area is 162 Å². The van der Waals surface area contributed by atoms with Crippen molar-refractivity contribution in [2.24, 2.45) is 0 Å². The third kappa shape index (κ3) is 4.05. The van der Waals surface area contributed by atoms with Gasteiger partial charge in [-0.3, -0.25) is 13.8 Å². The minimum absolute atomic E-state index is 0.00522. The Bertz CT molecular complexity index is 1230. The molecule has 9 heteroatoms. The van der Waals surface area contributed by atoms with E-state index in [0.717, 1.165) is 22.7 Å². The van der Waals surface area contributed by atoms with Crippen molar-refractivity contribution in [1.29, 1.82) is 0 Å². The predicted octanol–water partition coefficient (Wildman–Crippen LogP) is 1.58. The summed E-state index contributed by atoms with van der Waals surface area (Å²) in [7, 11) is -3.58. The van der Waals surface area contributed by atoms with Gasteiger partial charge >= 0.3 is 0 Å². The van der Waals surface area contributed by atoms with Crippen LogP contribution in [0.4, 0.5) is 0 Å². The van der Waals surface area contributed by atoms with Crippen LogP contribution in [-0.4, -0.2) is 43.3 Å². The summed E-state index contributed by atoms with van der Waals surface area (Å²) in [6.45, 7) is 3.96. The van der Waals surface area contributed by atoms with Crippen LogP contribution in [0.2, 0.25) is 0 Å². The van der Waals surface area contributed by atoms with E-state index < -0.39 is 16.0 Å². The van der Waals surface area contributed by atoms with Crippen LogP contribution in [0, 0.1) is 6.92 Å². The van der Waals surface area contributed by atoms with Gasteiger partial charge in [0.2, 0.25) is 0 Å². The lowest BCUT2D eigenvalue weighted by molar-refractivity contribution is 0.0948. The highest BCUT2D eigenvalue weighted by Crippen LogP contribution is 2.22. The van der Waals surface area contributed by atoms with Crippen molar-refractivity contribution in [3.05, 3.63) is 51.9 Å². The highest BCUT2D eigenvalue weighted by atomic mass is 32.2. The Hall–Kier alpha value is -2.78. The number of aromatic nitrogens is 2. The van der Waals surface area contributed by atoms with Crippen LogP contribution >= 0.6 is 0 Å². The molecule has 0 unspecified atom stereocenters. The number of pyridine rings is 2. The van der Waals surface area contributed by atoms with Crippen LogP contribution in [0.25, 0.3) is 21.8 Å². The average Bonchev–Trinajstić information content (AvgIpc) is 2.64. The summed E-state index contributed by atoms with van der Waals surface area (Å²) in [5.41, 5.74) is 2.01. The third-order valence-corrected chi connectivity index (χ3v) is 4.94. The number of nitrogens with one attached hydrogen (secondary N) is 1. The van der Waals surface area contributed by atoms with Crippen molar-refractivity contribution in [3.8, 4) is 0 Å². The molecule has 0 aliphatic carbocycles. The molecule has 3 aromatic rings. The molecule has 0 atom stereocenters. The second-order valence-electron chi connectivity index (χ2n) is 6.45. The molecule has 0 radical (unpaired) electrons. The Morgan fingerprint density at radius 1 is 1.29 bits per heavy atom. The van der Waals surface area contributed by atoms with Gasteiger partial charge in [-0.2, -0.15) is 8.42 Å². The monoisotopic (exact) mass is 403 g/mol. The van der Waals surface area contributed by atoms with E-state index in [1.807, 2.05) is 32.0 Å². The molecular weight excluding hydrogens is 382 g/mol. The normalized spacial score (nSPS) is 11.8. The summed E-state index contributed by atoms with van der Waals surface area (Å²) in [5.74, 6) is -0.454. The van der Waals surface area contributed by atoms with E-state index in [-0.39, 0.29) is 24.3 Å². The number of carbonyl (C=O) groups is 1. The van der Waals surface area contributed by atoms with E-state index in [1.54, 1.807) is 6.07 Å². The van der Waals surface area contributed by atoms with Crippen molar-refractivity contribution < 1.29 is 17.4 Å². The summed E-state index contributed by atoms with van der Waals surface area (Å²) in [5, 5.41) is 3.80. The largest absolute Gasteiger partial charge is 0.350 e. The summed E-state index contributed by atoms with van der Waals surface area (Å²) in [4.78, 5) is 30.1. The number of amides is 1. The Morgan fingerprint density at radius 3 is 2.71 bits per heavy atom. The van der Waals surface area contributed by atoms with Gasteiger partial charge in [0, 0.05) is 24.7 Å². The number of benzene rings is 1. The minimum atomic E-state index is -3.58. The highest BCUT2D eigenvalue weighted by molar-refractivity contribution is 7.85. The molecule has 0 spiro atoms. The Balaban J connectivity index is 2.07. The van der Waals surface area contributed by atoms with Crippen LogP contribution in [0.1, 0.15) is 22.8 Å². The van der Waals surface area contributed by atoms with Gasteiger partial charge in [0.15, 0.2) is 0 Å². The van der Waals surface area contributed by atoms with E-state index in [4.69, 9.17) is 0 Å². The molecule has 1 aromatic carbocycles. The fourth-order valence-electron chi connectivity index (χ4n) is 3.00. The topological polar surface area (TPSA) is 107 Å². The molecule has 1 N–H and O–H groups in total. The zero-order valence-corrected chi connectivity index (χ0v) is 16.7. The van der Waals surface area contributed by atoms with Crippen LogP contribution in [0.5, 0.6) is 0 Å². The SMILES string of the molecule is CCn1cc(C(=O)NCCOS(C)(=O)=O)c2nc3c(C)cccc3cc2c1=O. The van der Waals surface area contributed by atoms with Crippen molar-refractivity contribution in [2.75, 3.05) is 19.4 Å². The number of nitrogens with zero attached hydrogens (tertiary/aromatic N) is 2. The van der Waals surface area contributed by atoms with Gasteiger partial charge in [-0.25, -0.2) is 4.98 Å². The van der Waals surface area contributed by atoms with E-state index in [0.29, 0.717) is 17.4 Å². The Kier molecular flexibility index (Phi) is 5.48. The molecule has 3 rings (SSSR count). The molecule has 0 aliphatic heterocycles. The summed E-state index contributed by atoms with van der Waals surface area (Å²) in [6.07, 6.45) is 2.42. The number of aryl methyl sites for hydroxylation is 2. The van der Waals surface area contributed by atoms with E-state index in [1.165, 1.54) is 10.8 Å². The number of para-hydroxylation sites is 1. The standard InChI is InChI=1S/C19H21N3O5S/c1-4-22-11-15(18(23)20-8-9-27-28(3,25)26)17-14(19(22)24)10-13-7-5-6-12(2)16(13)21-17/h5-7,10-11H,4,8-9H2,1-3H3,(H,20,23). The third-order valence-electron chi connectivity index (χ3n) is 4.35. The molecule has 1 amide bonds. The maximum Gasteiger partial charge on any atom is 0.264 e. The molecule has 8 nitrogen and oxygen atoms in total. The molecule has 2 heterocycles. The van der Waals surface area contributed by atoms with E-state index >= 15 is 0 Å². The van der Waals surface area contributed by atoms with E-state index in [2.05, 4.69) is 14.5 Å². The molecule has 0 saturated heterocycles. The minimum Gasteiger partial charge on any atom is -0.350 e. The lowest BCUT2D eigenvalue weighted by atomic mass is 10.1. The molecule has 0 bridgehead atoms. The average molecular weight is 403 g/mol. The lowest BCUT2D eigenvalue weighted by Crippen LogP contribution is -2.30. The zero-order valence-electron chi connectivity index (χ0n) is 15.9. The first-order valence-electron chi connectivity index (χ1n) is 8.77. The highest BCUT2D eigenvalue weighted by Gasteiger charge is 2.17. The van der Waals surface area contributed by atoms with Crippen LogP contribution in [0.15, 0.2) is 35.3 Å². The second kappa shape index (κ2) is 7.69. The van der Waals surface area contributed by atoms with Crippen molar-refractivity contribution >= 4 is 37.8 Å². The molecule has 148 valence electrons. The molecule has 0 saturated carbocycles. The van der Waals surface area contributed by atoms with Crippen LogP contribution in [-0.2, 0) is 20.8 Å².